The number of hydrogen-bond donors (Lipinski definition) is 0. The lowest BCUT2D eigenvalue weighted by atomic mass is 9.92. The Morgan fingerprint density at radius 3 is 2.62 bits per heavy atom. The number of rotatable bonds is 5. The zero-order chi connectivity index (χ0) is 17.2. The van der Waals surface area contributed by atoms with Gasteiger partial charge in [0.15, 0.2) is 0 Å². The van der Waals surface area contributed by atoms with Crippen LogP contribution in [0.5, 0.6) is 0 Å². The summed E-state index contributed by atoms with van der Waals surface area (Å²) in [6.07, 6.45) is 5.65. The Bertz CT molecular complexity index is 715. The molecule has 7 nitrogen and oxygen atoms in total. The zero-order valence-corrected chi connectivity index (χ0v) is 14.7. The van der Waals surface area contributed by atoms with Crippen LogP contribution in [0.15, 0.2) is 29.3 Å². The van der Waals surface area contributed by atoms with Crippen molar-refractivity contribution in [2.24, 2.45) is 0 Å². The third-order valence-electron chi connectivity index (χ3n) is 4.57. The Balaban J connectivity index is 1.69. The Morgan fingerprint density at radius 2 is 1.92 bits per heavy atom. The van der Waals surface area contributed by atoms with E-state index in [1.807, 2.05) is 6.07 Å². The highest BCUT2D eigenvalue weighted by Crippen LogP contribution is 2.20. The van der Waals surface area contributed by atoms with Crippen molar-refractivity contribution < 1.29 is 0 Å². The van der Waals surface area contributed by atoms with Crippen LogP contribution in [0.25, 0.3) is 0 Å². The molecule has 0 N–H and O–H groups in total. The number of hydrogen-bond acceptors (Lipinski definition) is 5. The van der Waals surface area contributed by atoms with Gasteiger partial charge in [-0.25, -0.2) is 4.68 Å². The fraction of sp³-hybridized carbons (Fsp3) is 0.647. The first-order valence-electron chi connectivity index (χ1n) is 8.60. The number of nitrogens with zero attached hydrogens (tertiary/aromatic N) is 6. The summed E-state index contributed by atoms with van der Waals surface area (Å²) in [4.78, 5) is 16.3. The molecule has 1 atom stereocenters. The van der Waals surface area contributed by atoms with Gasteiger partial charge in [-0.05, 0) is 25.5 Å². The molecule has 1 unspecified atom stereocenters. The van der Waals surface area contributed by atoms with Gasteiger partial charge in [-0.3, -0.25) is 9.69 Å². The highest BCUT2D eigenvalue weighted by Gasteiger charge is 2.26. The van der Waals surface area contributed by atoms with Crippen LogP contribution in [0, 0.1) is 0 Å². The van der Waals surface area contributed by atoms with Crippen molar-refractivity contribution in [2.75, 3.05) is 13.1 Å². The summed E-state index contributed by atoms with van der Waals surface area (Å²) in [6.45, 7) is 9.71. The largest absolute Gasteiger partial charge is 0.297 e. The Hall–Kier alpha value is -2.02. The molecule has 0 spiro atoms. The van der Waals surface area contributed by atoms with E-state index in [1.165, 1.54) is 0 Å². The molecule has 0 amide bonds. The molecule has 7 heteroatoms. The molecule has 0 aromatic carbocycles. The molecular weight excluding hydrogens is 304 g/mol. The molecule has 3 rings (SSSR count). The molecule has 0 radical (unpaired) electrons. The van der Waals surface area contributed by atoms with E-state index in [2.05, 4.69) is 41.0 Å². The number of likely N-dealkylation sites (tertiary alicyclic amines) is 1. The lowest BCUT2D eigenvalue weighted by molar-refractivity contribution is 0.209. The van der Waals surface area contributed by atoms with E-state index in [1.54, 1.807) is 27.9 Å². The average molecular weight is 330 g/mol. The van der Waals surface area contributed by atoms with Crippen molar-refractivity contribution in [2.45, 2.75) is 58.2 Å². The van der Waals surface area contributed by atoms with Crippen LogP contribution >= 0.6 is 0 Å². The maximum atomic E-state index is 12.2. The van der Waals surface area contributed by atoms with Crippen molar-refractivity contribution in [3.05, 3.63) is 40.6 Å². The standard InChI is InChI=1S/C17H26N6O/c1-17(2,3)15-6-7-16(24)22(20-15)13-14-5-4-10-21(14)11-12-23-18-8-9-19-23/h6-9,14H,4-5,10-13H2,1-3H3. The van der Waals surface area contributed by atoms with E-state index in [4.69, 9.17) is 0 Å². The molecule has 1 aliphatic heterocycles. The highest BCUT2D eigenvalue weighted by molar-refractivity contribution is 5.10. The van der Waals surface area contributed by atoms with Gasteiger partial charge in [0.2, 0.25) is 0 Å². The summed E-state index contributed by atoms with van der Waals surface area (Å²) in [6, 6.07) is 3.83. The van der Waals surface area contributed by atoms with Gasteiger partial charge in [-0.1, -0.05) is 20.8 Å². The van der Waals surface area contributed by atoms with Crippen molar-refractivity contribution >= 4 is 0 Å². The molecule has 1 aliphatic rings. The van der Waals surface area contributed by atoms with Crippen LogP contribution in [0.2, 0.25) is 0 Å². The second-order valence-electron chi connectivity index (χ2n) is 7.45. The quantitative estimate of drug-likeness (QED) is 0.826. The lowest BCUT2D eigenvalue weighted by Crippen LogP contribution is -2.39. The predicted molar refractivity (Wildman–Crippen MR) is 91.8 cm³/mol. The first-order chi connectivity index (χ1) is 11.4. The van der Waals surface area contributed by atoms with Crippen LogP contribution in [0.4, 0.5) is 0 Å². The molecular formula is C17H26N6O. The van der Waals surface area contributed by atoms with Crippen molar-refractivity contribution in [3.63, 3.8) is 0 Å². The van der Waals surface area contributed by atoms with Gasteiger partial charge in [0.25, 0.3) is 5.56 Å². The summed E-state index contributed by atoms with van der Waals surface area (Å²) in [5.74, 6) is 0. The average Bonchev–Trinajstić information content (AvgIpc) is 3.17. The van der Waals surface area contributed by atoms with Crippen LogP contribution in [0.1, 0.15) is 39.3 Å². The Morgan fingerprint density at radius 1 is 1.17 bits per heavy atom. The third-order valence-corrected chi connectivity index (χ3v) is 4.57. The van der Waals surface area contributed by atoms with Gasteiger partial charge in [0.05, 0.1) is 31.2 Å². The maximum absolute atomic E-state index is 12.2. The summed E-state index contributed by atoms with van der Waals surface area (Å²) in [7, 11) is 0. The topological polar surface area (TPSA) is 68.8 Å². The fourth-order valence-electron chi connectivity index (χ4n) is 3.15. The molecule has 2 aromatic heterocycles. The SMILES string of the molecule is CC(C)(C)c1ccc(=O)n(CC2CCCN2CCn2nccn2)n1. The van der Waals surface area contributed by atoms with E-state index in [9.17, 15) is 4.79 Å². The lowest BCUT2D eigenvalue weighted by Gasteiger charge is -2.25. The van der Waals surface area contributed by atoms with Crippen LogP contribution in [0.3, 0.4) is 0 Å². The molecule has 3 heterocycles. The van der Waals surface area contributed by atoms with E-state index < -0.39 is 0 Å². The zero-order valence-electron chi connectivity index (χ0n) is 14.7. The van der Waals surface area contributed by atoms with E-state index in [-0.39, 0.29) is 11.0 Å². The van der Waals surface area contributed by atoms with Gasteiger partial charge in [-0.15, -0.1) is 0 Å². The molecule has 130 valence electrons. The molecule has 1 fully saturated rings. The minimum absolute atomic E-state index is 0.0245. The monoisotopic (exact) mass is 330 g/mol. The van der Waals surface area contributed by atoms with E-state index in [0.29, 0.717) is 12.6 Å². The minimum atomic E-state index is -0.0590. The van der Waals surface area contributed by atoms with E-state index >= 15 is 0 Å². The summed E-state index contributed by atoms with van der Waals surface area (Å²) < 4.78 is 1.63. The first-order valence-corrected chi connectivity index (χ1v) is 8.60. The predicted octanol–water partition coefficient (Wildman–Crippen LogP) is 1.30. The molecule has 1 saturated heterocycles. The van der Waals surface area contributed by atoms with Gasteiger partial charge in [-0.2, -0.15) is 20.1 Å². The van der Waals surface area contributed by atoms with Gasteiger partial charge >= 0.3 is 0 Å². The molecule has 2 aromatic rings. The first kappa shape index (κ1) is 16.8. The highest BCUT2D eigenvalue weighted by atomic mass is 16.1. The summed E-state index contributed by atoms with van der Waals surface area (Å²) in [5.41, 5.74) is 0.868. The molecule has 0 aliphatic carbocycles. The van der Waals surface area contributed by atoms with Crippen molar-refractivity contribution in [3.8, 4) is 0 Å². The summed E-state index contributed by atoms with van der Waals surface area (Å²) >= 11 is 0. The van der Waals surface area contributed by atoms with Gasteiger partial charge < -0.3 is 0 Å². The van der Waals surface area contributed by atoms with Crippen LogP contribution < -0.4 is 5.56 Å². The van der Waals surface area contributed by atoms with Gasteiger partial charge in [0, 0.05) is 24.1 Å². The van der Waals surface area contributed by atoms with E-state index in [0.717, 1.165) is 38.2 Å². The van der Waals surface area contributed by atoms with Crippen molar-refractivity contribution in [1.29, 1.82) is 0 Å². The Labute approximate surface area is 142 Å². The third kappa shape index (κ3) is 3.90. The van der Waals surface area contributed by atoms with Crippen molar-refractivity contribution in [1.82, 2.24) is 29.7 Å². The fourth-order valence-corrected chi connectivity index (χ4v) is 3.15. The normalized spacial score (nSPS) is 19.0. The molecule has 0 saturated carbocycles. The Kier molecular flexibility index (Phi) is 4.80. The van der Waals surface area contributed by atoms with Crippen LogP contribution in [-0.4, -0.2) is 48.8 Å². The summed E-state index contributed by atoms with van der Waals surface area (Å²) in [5, 5.41) is 12.9. The smallest absolute Gasteiger partial charge is 0.266 e. The maximum Gasteiger partial charge on any atom is 0.266 e. The molecule has 24 heavy (non-hydrogen) atoms. The second-order valence-corrected chi connectivity index (χ2v) is 7.45. The van der Waals surface area contributed by atoms with Crippen LogP contribution in [-0.2, 0) is 18.5 Å². The second kappa shape index (κ2) is 6.84. The molecule has 0 bridgehead atoms. The minimum Gasteiger partial charge on any atom is -0.297 e. The number of aromatic nitrogens is 5. The van der Waals surface area contributed by atoms with Gasteiger partial charge in [0.1, 0.15) is 0 Å².